The van der Waals surface area contributed by atoms with E-state index in [0.717, 1.165) is 24.9 Å². The van der Waals surface area contributed by atoms with Crippen molar-refractivity contribution in [2.45, 2.75) is 37.6 Å². The van der Waals surface area contributed by atoms with Crippen LogP contribution >= 0.6 is 11.6 Å². The smallest absolute Gasteiger partial charge is 0.309 e. The van der Waals surface area contributed by atoms with Gasteiger partial charge in [0.25, 0.3) is 5.56 Å². The summed E-state index contributed by atoms with van der Waals surface area (Å²) in [6.45, 7) is 2.72. The van der Waals surface area contributed by atoms with Crippen LogP contribution in [0, 0.1) is 29.5 Å². The molecule has 5 aliphatic rings. The Balaban J connectivity index is 1.27. The van der Waals surface area contributed by atoms with Crippen LogP contribution in [0.2, 0.25) is 5.02 Å². The van der Waals surface area contributed by atoms with E-state index in [1.165, 1.54) is 16.8 Å². The maximum absolute atomic E-state index is 13.5. The second-order valence-electron chi connectivity index (χ2n) is 10.5. The van der Waals surface area contributed by atoms with Gasteiger partial charge in [0.15, 0.2) is 0 Å². The van der Waals surface area contributed by atoms with Gasteiger partial charge < -0.3 is 14.9 Å². The zero-order valence-electron chi connectivity index (χ0n) is 18.9. The summed E-state index contributed by atoms with van der Waals surface area (Å²) in [7, 11) is 0. The Bertz CT molecular complexity index is 1160. The number of benzene rings is 1. The van der Waals surface area contributed by atoms with Gasteiger partial charge in [-0.15, -0.1) is 0 Å². The minimum atomic E-state index is -0.824. The molecule has 0 amide bonds. The topological polar surface area (TPSA) is 78.7 Å². The van der Waals surface area contributed by atoms with Gasteiger partial charge in [0.05, 0.1) is 23.3 Å². The molecule has 1 saturated heterocycles. The Morgan fingerprint density at radius 3 is 2.26 bits per heavy atom. The van der Waals surface area contributed by atoms with Crippen LogP contribution in [0.5, 0.6) is 0 Å². The van der Waals surface area contributed by atoms with Crippen LogP contribution < -0.4 is 15.4 Å². The summed E-state index contributed by atoms with van der Waals surface area (Å²) < 4.78 is 14.7. The van der Waals surface area contributed by atoms with Gasteiger partial charge in [-0.05, 0) is 74.1 Å². The Kier molecular flexibility index (Phi) is 5.13. The summed E-state index contributed by atoms with van der Waals surface area (Å²) in [5, 5.41) is 14.8. The van der Waals surface area contributed by atoms with Crippen molar-refractivity contribution in [2.75, 3.05) is 36.0 Å². The molecule has 1 N–H and O–H groups in total. The van der Waals surface area contributed by atoms with Crippen molar-refractivity contribution in [3.05, 3.63) is 51.7 Å². The van der Waals surface area contributed by atoms with Crippen LogP contribution in [0.25, 0.3) is 0 Å². The van der Waals surface area contributed by atoms with Crippen LogP contribution in [0.1, 0.15) is 32.1 Å². The second-order valence-corrected chi connectivity index (χ2v) is 10.9. The van der Waals surface area contributed by atoms with Crippen molar-refractivity contribution in [3.63, 3.8) is 0 Å². The van der Waals surface area contributed by atoms with Crippen LogP contribution in [-0.2, 0) is 10.3 Å². The van der Waals surface area contributed by atoms with Gasteiger partial charge in [0, 0.05) is 31.9 Å². The number of nitrogens with zero attached hydrogens (tertiary/aromatic N) is 4. The molecule has 0 radical (unpaired) electrons. The molecule has 3 unspecified atom stereocenters. The first kappa shape index (κ1) is 21.9. The Hall–Kier alpha value is -2.61. The van der Waals surface area contributed by atoms with Crippen LogP contribution in [0.15, 0.2) is 35.3 Å². The number of carbonyl (C=O) groups is 1. The van der Waals surface area contributed by atoms with Crippen molar-refractivity contribution in [2.24, 2.45) is 23.7 Å². The minimum Gasteiger partial charge on any atom is -0.481 e. The normalized spacial score (nSPS) is 32.3. The highest BCUT2D eigenvalue weighted by Gasteiger charge is 2.61. The van der Waals surface area contributed by atoms with Crippen molar-refractivity contribution >= 4 is 28.9 Å². The fourth-order valence-corrected chi connectivity index (χ4v) is 7.80. The number of carboxylic acids is 1. The van der Waals surface area contributed by atoms with E-state index in [-0.39, 0.29) is 22.3 Å². The molecule has 9 heteroatoms. The molecule has 3 atom stereocenters. The molecule has 5 fully saturated rings. The Labute approximate surface area is 202 Å². The monoisotopic (exact) mass is 486 g/mol. The Morgan fingerprint density at radius 1 is 1.03 bits per heavy atom. The number of hydrogen-bond donors (Lipinski definition) is 1. The van der Waals surface area contributed by atoms with Crippen molar-refractivity contribution in [1.29, 1.82) is 0 Å². The number of carboxylic acid groups (broad SMARTS) is 1. The predicted molar refractivity (Wildman–Crippen MR) is 127 cm³/mol. The highest BCUT2D eigenvalue weighted by atomic mass is 35.5. The van der Waals surface area contributed by atoms with Crippen molar-refractivity contribution in [3.8, 4) is 0 Å². The van der Waals surface area contributed by atoms with Crippen molar-refractivity contribution < 1.29 is 14.3 Å². The molecule has 34 heavy (non-hydrogen) atoms. The molecule has 1 aromatic heterocycles. The lowest BCUT2D eigenvalue weighted by atomic mass is 9.48. The third-order valence-corrected chi connectivity index (χ3v) is 9.03. The number of aromatic nitrogens is 2. The fourth-order valence-electron chi connectivity index (χ4n) is 7.55. The lowest BCUT2D eigenvalue weighted by Gasteiger charge is -2.59. The molecule has 7 nitrogen and oxygen atoms in total. The molecule has 4 aliphatic carbocycles. The van der Waals surface area contributed by atoms with E-state index in [4.69, 9.17) is 11.6 Å². The molecule has 1 aromatic carbocycles. The molecule has 2 heterocycles. The lowest BCUT2D eigenvalue weighted by Crippen LogP contribution is -2.63. The van der Waals surface area contributed by atoms with E-state index in [9.17, 15) is 19.1 Å². The van der Waals surface area contributed by atoms with Crippen LogP contribution in [0.4, 0.5) is 15.8 Å². The average molecular weight is 487 g/mol. The molecule has 0 spiro atoms. The summed E-state index contributed by atoms with van der Waals surface area (Å²) >= 11 is 6.65. The summed E-state index contributed by atoms with van der Waals surface area (Å²) in [5.74, 6) is -0.652. The molecule has 4 saturated carbocycles. The maximum Gasteiger partial charge on any atom is 0.309 e. The minimum absolute atomic E-state index is 0.107. The lowest BCUT2D eigenvalue weighted by molar-refractivity contribution is -0.168. The third kappa shape index (κ3) is 3.33. The number of rotatable bonds is 4. The molecular weight excluding hydrogens is 459 g/mol. The largest absolute Gasteiger partial charge is 0.481 e. The molecule has 7 rings (SSSR count). The van der Waals surface area contributed by atoms with E-state index >= 15 is 0 Å². The highest BCUT2D eigenvalue weighted by Crippen LogP contribution is 2.61. The summed E-state index contributed by atoms with van der Waals surface area (Å²) in [6, 6.07) is 6.45. The van der Waals surface area contributed by atoms with Crippen molar-refractivity contribution in [1.82, 2.24) is 9.78 Å². The number of anilines is 2. The molecule has 2 aromatic rings. The average Bonchev–Trinajstić information content (AvgIpc) is 2.80. The highest BCUT2D eigenvalue weighted by molar-refractivity contribution is 6.33. The molecule has 1 aliphatic heterocycles. The van der Waals surface area contributed by atoms with Crippen LogP contribution in [-0.4, -0.2) is 47.0 Å². The Morgan fingerprint density at radius 2 is 1.65 bits per heavy atom. The van der Waals surface area contributed by atoms with Crippen LogP contribution in [0.3, 0.4) is 0 Å². The first-order valence-corrected chi connectivity index (χ1v) is 12.5. The zero-order valence-corrected chi connectivity index (χ0v) is 19.6. The van der Waals surface area contributed by atoms with Gasteiger partial charge >= 0.3 is 5.97 Å². The van der Waals surface area contributed by atoms with E-state index in [0.29, 0.717) is 56.5 Å². The van der Waals surface area contributed by atoms with E-state index < -0.39 is 17.4 Å². The maximum atomic E-state index is 13.5. The molecule has 180 valence electrons. The summed E-state index contributed by atoms with van der Waals surface area (Å²) in [6.07, 6.45) is 6.03. The number of halogens is 2. The van der Waals surface area contributed by atoms with Gasteiger partial charge in [-0.25, -0.2) is 9.07 Å². The van der Waals surface area contributed by atoms with E-state index in [1.807, 2.05) is 0 Å². The van der Waals surface area contributed by atoms with Gasteiger partial charge in [-0.3, -0.25) is 9.59 Å². The van der Waals surface area contributed by atoms with Gasteiger partial charge in [-0.1, -0.05) is 11.6 Å². The first-order chi connectivity index (χ1) is 16.4. The second kappa shape index (κ2) is 7.97. The zero-order chi connectivity index (χ0) is 23.6. The number of hydrogen-bond acceptors (Lipinski definition) is 5. The summed E-state index contributed by atoms with van der Waals surface area (Å²) in [4.78, 5) is 30.1. The number of piperazine rings is 1. The quantitative estimate of drug-likeness (QED) is 0.711. The molecule has 4 bridgehead atoms. The fraction of sp³-hybridized carbons (Fsp3) is 0.560. The standard InChI is InChI=1S/C25H28ClFN4O3/c26-22-20(30-7-5-29(6-8-30)19-3-1-18(27)2-4-19)14-28-31(23(22)32)25-12-15-9-16(13-25)11-17(10-15)21(25)24(33)34/h1-4,14-17,21H,5-13H2,(H,33,34). The third-order valence-electron chi connectivity index (χ3n) is 8.67. The van der Waals surface area contributed by atoms with Gasteiger partial charge in [0.2, 0.25) is 0 Å². The predicted octanol–water partition coefficient (Wildman–Crippen LogP) is 3.60. The van der Waals surface area contributed by atoms with Gasteiger partial charge in [-0.2, -0.15) is 5.10 Å². The molecular formula is C25H28ClFN4O3. The summed E-state index contributed by atoms with van der Waals surface area (Å²) in [5.41, 5.74) is 0.398. The van der Waals surface area contributed by atoms with E-state index in [2.05, 4.69) is 14.9 Å². The SMILES string of the molecule is O=C(O)C1C2CC3CC(C2)CC1(n1ncc(N2CCN(c4ccc(F)cc4)CC2)c(Cl)c1=O)C3. The van der Waals surface area contributed by atoms with E-state index in [1.54, 1.807) is 18.3 Å². The first-order valence-electron chi connectivity index (χ1n) is 12.1. The van der Waals surface area contributed by atoms with Gasteiger partial charge in [0.1, 0.15) is 10.8 Å². The number of aliphatic carboxylic acids is 1.